The number of nitrogens with one attached hydrogen (secondary N) is 2. The minimum absolute atomic E-state index is 0.128. The Hall–Kier alpha value is -2.73. The lowest BCUT2D eigenvalue weighted by Gasteiger charge is -1.97. The highest BCUT2D eigenvalue weighted by Gasteiger charge is 2.07. The van der Waals surface area contributed by atoms with Crippen LogP contribution in [0.3, 0.4) is 0 Å². The zero-order valence-corrected chi connectivity index (χ0v) is 10.5. The molecule has 0 saturated carbocycles. The number of H-pyrrole nitrogens is 1. The van der Waals surface area contributed by atoms with E-state index in [9.17, 15) is 4.79 Å². The van der Waals surface area contributed by atoms with Gasteiger partial charge in [-0.2, -0.15) is 0 Å². The minimum Gasteiger partial charge on any atom is -0.466 e. The second-order valence-electron chi connectivity index (χ2n) is 4.43. The summed E-state index contributed by atoms with van der Waals surface area (Å²) >= 11 is 0. The number of amides is 2. The third kappa shape index (κ3) is 2.24. The van der Waals surface area contributed by atoms with Crippen molar-refractivity contribution in [3.63, 3.8) is 0 Å². The number of primary amides is 1. The summed E-state index contributed by atoms with van der Waals surface area (Å²) in [4.78, 5) is 13.9. The molecule has 0 aliphatic carbocycles. The van der Waals surface area contributed by atoms with Crippen LogP contribution in [-0.4, -0.2) is 16.1 Å². The van der Waals surface area contributed by atoms with Gasteiger partial charge in [0.25, 0.3) is 0 Å². The molecule has 2 amide bonds. The van der Waals surface area contributed by atoms with Gasteiger partial charge in [-0.3, -0.25) is 5.32 Å². The molecule has 5 N–H and O–H groups in total. The zero-order chi connectivity index (χ0) is 14.1. The molecule has 0 aliphatic heterocycles. The summed E-state index contributed by atoms with van der Waals surface area (Å²) in [6.45, 7) is -0.128. The van der Waals surface area contributed by atoms with E-state index in [-0.39, 0.29) is 6.61 Å². The largest absolute Gasteiger partial charge is 0.466 e. The molecule has 0 bridgehead atoms. The van der Waals surface area contributed by atoms with Crippen LogP contribution < -0.4 is 11.1 Å². The minimum atomic E-state index is -0.612. The molecular weight excluding hydrogens is 258 g/mol. The lowest BCUT2D eigenvalue weighted by molar-refractivity contribution is 0.247. The number of carbonyl (C=O) groups is 1. The van der Waals surface area contributed by atoms with Gasteiger partial charge >= 0.3 is 6.03 Å². The normalized spacial score (nSPS) is 10.8. The van der Waals surface area contributed by atoms with E-state index < -0.39 is 6.03 Å². The smallest absolute Gasteiger partial charge is 0.317 e. The van der Waals surface area contributed by atoms with Crippen LogP contribution in [0.5, 0.6) is 0 Å². The van der Waals surface area contributed by atoms with Crippen LogP contribution in [0.25, 0.3) is 22.0 Å². The summed E-state index contributed by atoms with van der Waals surface area (Å²) in [5.74, 6) is 1.07. The molecule has 2 heterocycles. The van der Waals surface area contributed by atoms with Gasteiger partial charge in [-0.05, 0) is 23.8 Å². The number of aromatic amines is 1. The number of furan rings is 1. The van der Waals surface area contributed by atoms with Crippen molar-refractivity contribution >= 4 is 22.8 Å². The van der Waals surface area contributed by atoms with Gasteiger partial charge in [0.05, 0.1) is 6.26 Å². The molecule has 0 aliphatic rings. The number of rotatable bonds is 3. The number of aliphatic hydroxyl groups is 1. The number of aromatic nitrogens is 1. The van der Waals surface area contributed by atoms with Crippen LogP contribution in [-0.2, 0) is 6.61 Å². The number of urea groups is 1. The lowest BCUT2D eigenvalue weighted by atomic mass is 10.1. The molecule has 3 aromatic rings. The highest BCUT2D eigenvalue weighted by molar-refractivity contribution is 5.93. The molecule has 102 valence electrons. The van der Waals surface area contributed by atoms with E-state index in [1.165, 1.54) is 0 Å². The summed E-state index contributed by atoms with van der Waals surface area (Å²) in [6, 6.07) is 8.78. The third-order valence-corrected chi connectivity index (χ3v) is 3.02. The molecule has 0 unspecified atom stereocenters. The van der Waals surface area contributed by atoms with E-state index in [1.807, 2.05) is 18.2 Å². The Morgan fingerprint density at radius 1 is 1.30 bits per heavy atom. The van der Waals surface area contributed by atoms with Gasteiger partial charge in [-0.15, -0.1) is 0 Å². The number of hydrogen-bond donors (Lipinski definition) is 4. The summed E-state index contributed by atoms with van der Waals surface area (Å²) in [5, 5.41) is 12.5. The highest BCUT2D eigenvalue weighted by Crippen LogP contribution is 2.27. The van der Waals surface area contributed by atoms with Crippen molar-refractivity contribution in [1.82, 2.24) is 4.98 Å². The Balaban J connectivity index is 1.99. The first-order valence-electron chi connectivity index (χ1n) is 6.03. The maximum Gasteiger partial charge on any atom is 0.317 e. The Morgan fingerprint density at radius 2 is 2.15 bits per heavy atom. The first-order valence-corrected chi connectivity index (χ1v) is 6.03. The molecular formula is C14H13N3O3. The third-order valence-electron chi connectivity index (χ3n) is 3.02. The summed E-state index contributed by atoms with van der Waals surface area (Å²) < 4.78 is 5.20. The molecule has 0 radical (unpaired) electrons. The van der Waals surface area contributed by atoms with Gasteiger partial charge in [0.2, 0.25) is 0 Å². The van der Waals surface area contributed by atoms with Crippen molar-refractivity contribution in [2.24, 2.45) is 5.73 Å². The fraction of sp³-hybridized carbons (Fsp3) is 0.0714. The highest BCUT2D eigenvalue weighted by atomic mass is 16.4. The van der Waals surface area contributed by atoms with Gasteiger partial charge in [0, 0.05) is 16.5 Å². The van der Waals surface area contributed by atoms with E-state index in [1.54, 1.807) is 18.4 Å². The molecule has 0 spiro atoms. The van der Waals surface area contributed by atoms with Crippen molar-refractivity contribution in [2.75, 3.05) is 5.32 Å². The van der Waals surface area contributed by atoms with Crippen molar-refractivity contribution in [3.05, 3.63) is 42.4 Å². The molecule has 3 rings (SSSR count). The second-order valence-corrected chi connectivity index (χ2v) is 4.43. The number of anilines is 1. The van der Waals surface area contributed by atoms with Crippen LogP contribution in [0.15, 0.2) is 41.0 Å². The molecule has 0 fully saturated rings. The molecule has 6 heteroatoms. The fourth-order valence-corrected chi connectivity index (χ4v) is 2.12. The van der Waals surface area contributed by atoms with Crippen LogP contribution in [0.4, 0.5) is 10.6 Å². The fourth-order valence-electron chi connectivity index (χ4n) is 2.12. The maximum atomic E-state index is 10.8. The molecule has 6 nitrogen and oxygen atoms in total. The van der Waals surface area contributed by atoms with Crippen molar-refractivity contribution in [2.45, 2.75) is 6.61 Å². The van der Waals surface area contributed by atoms with Gasteiger partial charge < -0.3 is 20.2 Å². The molecule has 1 aromatic carbocycles. The molecule has 20 heavy (non-hydrogen) atoms. The van der Waals surface area contributed by atoms with E-state index in [4.69, 9.17) is 15.3 Å². The van der Waals surface area contributed by atoms with E-state index in [2.05, 4.69) is 10.3 Å². The average Bonchev–Trinajstić information content (AvgIpc) is 3.02. The maximum absolute atomic E-state index is 10.8. The summed E-state index contributed by atoms with van der Waals surface area (Å²) in [7, 11) is 0. The number of fused-ring (bicyclic) bond motifs is 1. The summed E-state index contributed by atoms with van der Waals surface area (Å²) in [5.41, 5.74) is 7.79. The first kappa shape index (κ1) is 12.3. The number of nitrogens with two attached hydrogens (primary N) is 1. The van der Waals surface area contributed by atoms with Gasteiger partial charge in [-0.1, -0.05) is 12.1 Å². The standard InChI is InChI=1S/C14H13N3O3/c15-14(19)17-13-5-9-2-1-8(4-12(9)16-13)10-3-11(6-18)20-7-10/h1-5,7,16,18H,6H2,(H3,15,17,19). The predicted molar refractivity (Wildman–Crippen MR) is 75.1 cm³/mol. The Morgan fingerprint density at radius 3 is 2.85 bits per heavy atom. The lowest BCUT2D eigenvalue weighted by Crippen LogP contribution is -2.19. The number of hydrogen-bond acceptors (Lipinski definition) is 3. The van der Waals surface area contributed by atoms with Crippen molar-refractivity contribution in [3.8, 4) is 11.1 Å². The van der Waals surface area contributed by atoms with Crippen LogP contribution in [0.2, 0.25) is 0 Å². The van der Waals surface area contributed by atoms with Crippen LogP contribution in [0, 0.1) is 0 Å². The Bertz CT molecular complexity index is 773. The van der Waals surface area contributed by atoms with Gasteiger partial charge in [0.1, 0.15) is 18.2 Å². The van der Waals surface area contributed by atoms with E-state index >= 15 is 0 Å². The predicted octanol–water partition coefficient (Wildman–Crippen LogP) is 2.41. The van der Waals surface area contributed by atoms with Gasteiger partial charge in [-0.25, -0.2) is 4.79 Å². The van der Waals surface area contributed by atoms with Crippen LogP contribution in [0.1, 0.15) is 5.76 Å². The number of aliphatic hydroxyl groups excluding tert-OH is 1. The number of benzene rings is 1. The van der Waals surface area contributed by atoms with Gasteiger partial charge in [0.15, 0.2) is 0 Å². The van der Waals surface area contributed by atoms with Crippen molar-refractivity contribution < 1.29 is 14.3 Å². The van der Waals surface area contributed by atoms with E-state index in [0.29, 0.717) is 11.6 Å². The van der Waals surface area contributed by atoms with E-state index in [0.717, 1.165) is 22.0 Å². The first-order chi connectivity index (χ1) is 9.65. The molecule has 0 saturated heterocycles. The summed E-state index contributed by atoms with van der Waals surface area (Å²) in [6.07, 6.45) is 1.60. The topological polar surface area (TPSA) is 104 Å². The second kappa shape index (κ2) is 4.75. The van der Waals surface area contributed by atoms with Crippen LogP contribution >= 0.6 is 0 Å². The van der Waals surface area contributed by atoms with Crippen molar-refractivity contribution in [1.29, 1.82) is 0 Å². The molecule has 2 aromatic heterocycles. The Labute approximate surface area is 114 Å². The molecule has 0 atom stereocenters. The Kier molecular flexibility index (Phi) is 2.92. The number of carbonyl (C=O) groups excluding carboxylic acids is 1. The zero-order valence-electron chi connectivity index (χ0n) is 10.5. The quantitative estimate of drug-likeness (QED) is 0.588. The monoisotopic (exact) mass is 271 g/mol. The SMILES string of the molecule is NC(=O)Nc1cc2ccc(-c3coc(CO)c3)cc2[nH]1. The average molecular weight is 271 g/mol.